The van der Waals surface area contributed by atoms with Gasteiger partial charge in [-0.25, -0.2) is 9.48 Å². The quantitative estimate of drug-likeness (QED) is 0.609. The first kappa shape index (κ1) is 17.0. The molecule has 1 fully saturated rings. The number of thioether (sulfide) groups is 1. The Morgan fingerprint density at radius 3 is 2.84 bits per heavy atom. The second-order valence-electron chi connectivity index (χ2n) is 5.57. The van der Waals surface area contributed by atoms with Gasteiger partial charge >= 0.3 is 5.97 Å². The zero-order valence-corrected chi connectivity index (χ0v) is 13.7. The third-order valence-corrected chi connectivity index (χ3v) is 5.10. The van der Waals surface area contributed by atoms with Crippen molar-refractivity contribution in [1.29, 1.82) is 0 Å². The number of non-ortho nitro benzene ring substituents is 1. The molecular formula is C15H14N4O5S. The number of carbonyl (C=O) groups is 2. The molecule has 2 heterocycles. The molecule has 1 aromatic carbocycles. The molecule has 1 aliphatic heterocycles. The van der Waals surface area contributed by atoms with E-state index in [9.17, 15) is 24.8 Å². The molecule has 2 N–H and O–H groups in total. The summed E-state index contributed by atoms with van der Waals surface area (Å²) in [7, 11) is 0. The summed E-state index contributed by atoms with van der Waals surface area (Å²) in [5.41, 5.74) is -0.898. The number of benzene rings is 1. The molecule has 0 radical (unpaired) electrons. The minimum Gasteiger partial charge on any atom is -0.479 e. The van der Waals surface area contributed by atoms with E-state index in [4.69, 9.17) is 0 Å². The molecule has 3 rings (SSSR count). The van der Waals surface area contributed by atoms with Crippen LogP contribution in [0, 0.1) is 10.1 Å². The van der Waals surface area contributed by atoms with Crippen LogP contribution in [-0.2, 0) is 4.79 Å². The predicted molar refractivity (Wildman–Crippen MR) is 90.0 cm³/mol. The number of hydrogen-bond acceptors (Lipinski definition) is 6. The standard InChI is InChI=1S/C15H14N4O5S/c20-13(16-15(14(21)22)5-7-25-9-15)12-4-6-18(17-12)10-2-1-3-11(8-10)19(23)24/h1-4,6,8H,5,7,9H2,(H,16,20)(H,21,22). The molecular weight excluding hydrogens is 348 g/mol. The fourth-order valence-electron chi connectivity index (χ4n) is 2.50. The highest BCUT2D eigenvalue weighted by Gasteiger charge is 2.43. The molecule has 0 saturated carbocycles. The van der Waals surface area contributed by atoms with Crippen LogP contribution in [0.15, 0.2) is 36.5 Å². The summed E-state index contributed by atoms with van der Waals surface area (Å²) < 4.78 is 1.33. The Labute approximate surface area is 146 Å². The number of carboxylic acid groups (broad SMARTS) is 1. The van der Waals surface area contributed by atoms with Crippen LogP contribution in [0.2, 0.25) is 0 Å². The first-order valence-corrected chi connectivity index (χ1v) is 8.51. The number of nitrogens with zero attached hydrogens (tertiary/aromatic N) is 3. The van der Waals surface area contributed by atoms with Gasteiger partial charge in [-0.05, 0) is 24.3 Å². The average molecular weight is 362 g/mol. The molecule has 0 aliphatic carbocycles. The number of amides is 1. The molecule has 1 unspecified atom stereocenters. The van der Waals surface area contributed by atoms with E-state index in [0.717, 1.165) is 0 Å². The minimum absolute atomic E-state index is 0.0454. The number of nitrogens with one attached hydrogen (secondary N) is 1. The normalized spacial score (nSPS) is 19.5. The third kappa shape index (κ3) is 3.33. The molecule has 1 amide bonds. The van der Waals surface area contributed by atoms with Gasteiger partial charge < -0.3 is 10.4 Å². The maximum atomic E-state index is 12.4. The van der Waals surface area contributed by atoms with E-state index < -0.39 is 22.3 Å². The van der Waals surface area contributed by atoms with Crippen LogP contribution in [0.25, 0.3) is 5.69 Å². The number of rotatable bonds is 5. The summed E-state index contributed by atoms with van der Waals surface area (Å²) in [5.74, 6) is -0.688. The molecule has 0 bridgehead atoms. The molecule has 25 heavy (non-hydrogen) atoms. The Kier molecular flexibility index (Phi) is 4.45. The van der Waals surface area contributed by atoms with Crippen LogP contribution >= 0.6 is 11.8 Å². The highest BCUT2D eigenvalue weighted by molar-refractivity contribution is 7.99. The van der Waals surface area contributed by atoms with Crippen molar-refractivity contribution in [2.75, 3.05) is 11.5 Å². The number of carbonyl (C=O) groups excluding carboxylic acids is 1. The van der Waals surface area contributed by atoms with E-state index >= 15 is 0 Å². The predicted octanol–water partition coefficient (Wildman–Crippen LogP) is 1.47. The van der Waals surface area contributed by atoms with Gasteiger partial charge in [0.25, 0.3) is 11.6 Å². The Hall–Kier alpha value is -2.88. The summed E-state index contributed by atoms with van der Waals surface area (Å²) in [4.78, 5) is 34.2. The van der Waals surface area contributed by atoms with Gasteiger partial charge in [-0.1, -0.05) is 6.07 Å². The molecule has 1 saturated heterocycles. The maximum absolute atomic E-state index is 12.4. The minimum atomic E-state index is -1.28. The molecule has 1 aliphatic rings. The molecule has 1 atom stereocenters. The van der Waals surface area contributed by atoms with Crippen molar-refractivity contribution < 1.29 is 19.6 Å². The van der Waals surface area contributed by atoms with E-state index in [1.54, 1.807) is 6.07 Å². The van der Waals surface area contributed by atoms with E-state index in [-0.39, 0.29) is 11.4 Å². The van der Waals surface area contributed by atoms with E-state index in [0.29, 0.717) is 23.6 Å². The number of hydrogen-bond donors (Lipinski definition) is 2. The highest BCUT2D eigenvalue weighted by atomic mass is 32.2. The van der Waals surface area contributed by atoms with Crippen molar-refractivity contribution in [3.05, 3.63) is 52.3 Å². The maximum Gasteiger partial charge on any atom is 0.330 e. The molecule has 2 aromatic rings. The van der Waals surface area contributed by atoms with Gasteiger partial charge in [0.2, 0.25) is 0 Å². The van der Waals surface area contributed by atoms with Gasteiger partial charge in [0.1, 0.15) is 5.54 Å². The van der Waals surface area contributed by atoms with E-state index in [1.807, 2.05) is 0 Å². The van der Waals surface area contributed by atoms with Gasteiger partial charge in [-0.2, -0.15) is 16.9 Å². The molecule has 130 valence electrons. The van der Waals surface area contributed by atoms with Gasteiger partial charge in [-0.15, -0.1) is 0 Å². The average Bonchev–Trinajstić information content (AvgIpc) is 3.25. The van der Waals surface area contributed by atoms with Gasteiger partial charge in [0.15, 0.2) is 5.69 Å². The third-order valence-electron chi connectivity index (χ3n) is 3.91. The Morgan fingerprint density at radius 2 is 2.20 bits per heavy atom. The second-order valence-corrected chi connectivity index (χ2v) is 6.67. The van der Waals surface area contributed by atoms with Crippen LogP contribution in [0.5, 0.6) is 0 Å². The van der Waals surface area contributed by atoms with Crippen molar-refractivity contribution in [2.45, 2.75) is 12.0 Å². The van der Waals surface area contributed by atoms with Crippen LogP contribution in [0.3, 0.4) is 0 Å². The number of nitro groups is 1. The zero-order valence-electron chi connectivity index (χ0n) is 12.9. The van der Waals surface area contributed by atoms with Crippen LogP contribution in [0.1, 0.15) is 16.9 Å². The monoisotopic (exact) mass is 362 g/mol. The lowest BCUT2D eigenvalue weighted by molar-refractivity contribution is -0.384. The summed E-state index contributed by atoms with van der Waals surface area (Å²) in [6.45, 7) is 0. The molecule has 1 aromatic heterocycles. The van der Waals surface area contributed by atoms with Crippen LogP contribution < -0.4 is 5.32 Å². The van der Waals surface area contributed by atoms with Gasteiger partial charge in [-0.3, -0.25) is 14.9 Å². The van der Waals surface area contributed by atoms with Gasteiger partial charge in [0, 0.05) is 24.1 Å². The fraction of sp³-hybridized carbons (Fsp3) is 0.267. The first-order chi connectivity index (χ1) is 11.9. The molecule has 0 spiro atoms. The van der Waals surface area contributed by atoms with E-state index in [2.05, 4.69) is 10.4 Å². The first-order valence-electron chi connectivity index (χ1n) is 7.35. The Bertz CT molecular complexity index is 844. The molecule has 10 heteroatoms. The van der Waals surface area contributed by atoms with Gasteiger partial charge in [0.05, 0.1) is 10.6 Å². The summed E-state index contributed by atoms with van der Waals surface area (Å²) >= 11 is 1.47. The van der Waals surface area contributed by atoms with Crippen LogP contribution in [-0.4, -0.2) is 48.7 Å². The van der Waals surface area contributed by atoms with Crippen molar-refractivity contribution in [3.63, 3.8) is 0 Å². The summed E-state index contributed by atoms with van der Waals surface area (Å²) in [6, 6.07) is 7.26. The zero-order chi connectivity index (χ0) is 18.0. The molecule has 9 nitrogen and oxygen atoms in total. The number of aromatic nitrogens is 2. The van der Waals surface area contributed by atoms with Crippen LogP contribution in [0.4, 0.5) is 5.69 Å². The highest BCUT2D eigenvalue weighted by Crippen LogP contribution is 2.28. The lowest BCUT2D eigenvalue weighted by Gasteiger charge is -2.23. The van der Waals surface area contributed by atoms with E-state index in [1.165, 1.54) is 46.9 Å². The summed E-state index contributed by atoms with van der Waals surface area (Å²) in [6.07, 6.45) is 1.84. The fourth-order valence-corrected chi connectivity index (χ4v) is 3.83. The van der Waals surface area contributed by atoms with Crippen molar-refractivity contribution >= 4 is 29.3 Å². The number of nitro benzene ring substituents is 1. The lowest BCUT2D eigenvalue weighted by Crippen LogP contribution is -2.54. The summed E-state index contributed by atoms with van der Waals surface area (Å²) in [5, 5.41) is 26.9. The second kappa shape index (κ2) is 6.55. The number of carboxylic acids is 1. The SMILES string of the molecule is O=C(NC1(C(=O)O)CCSC1)c1ccn(-c2cccc([N+](=O)[O-])c2)n1. The Morgan fingerprint density at radius 1 is 1.40 bits per heavy atom. The number of aliphatic carboxylic acids is 1. The smallest absolute Gasteiger partial charge is 0.330 e. The largest absolute Gasteiger partial charge is 0.479 e. The van der Waals surface area contributed by atoms with Crippen molar-refractivity contribution in [3.8, 4) is 5.69 Å². The lowest BCUT2D eigenvalue weighted by atomic mass is 9.99. The Balaban J connectivity index is 1.81. The van der Waals surface area contributed by atoms with Crippen molar-refractivity contribution in [2.24, 2.45) is 0 Å². The topological polar surface area (TPSA) is 127 Å². The van der Waals surface area contributed by atoms with Crippen molar-refractivity contribution in [1.82, 2.24) is 15.1 Å².